The first-order valence-electron chi connectivity index (χ1n) is 4.83. The Labute approximate surface area is 92.9 Å². The zero-order valence-corrected chi connectivity index (χ0v) is 9.17. The van der Waals surface area contributed by atoms with Gasteiger partial charge in [0.15, 0.2) is 5.22 Å². The van der Waals surface area contributed by atoms with E-state index in [-0.39, 0.29) is 0 Å². The maximum absolute atomic E-state index is 5.98. The maximum Gasteiger partial charge on any atom is 0.199 e. The molecule has 0 aliphatic rings. The van der Waals surface area contributed by atoms with Crippen molar-refractivity contribution in [3.05, 3.63) is 35.0 Å². The van der Waals surface area contributed by atoms with Crippen molar-refractivity contribution in [3.8, 4) is 0 Å². The zero-order valence-electron chi connectivity index (χ0n) is 8.42. The average Bonchev–Trinajstić information content (AvgIpc) is 2.56. The second-order valence-corrected chi connectivity index (χ2v) is 3.45. The molecule has 0 bridgehead atoms. The number of rotatable bonds is 4. The van der Waals surface area contributed by atoms with Crippen molar-refractivity contribution in [1.82, 2.24) is 5.48 Å². The Balaban J connectivity index is 2.28. The first-order valence-corrected chi connectivity index (χ1v) is 5.21. The Kier molecular flexibility index (Phi) is 3.26. The van der Waals surface area contributed by atoms with Gasteiger partial charge < -0.3 is 9.25 Å². The standard InChI is InChI=1S/C11H12ClNO2/c1-2-14-13-7-9-8-5-3-4-6-10(8)15-11(9)12/h3-6,13H,2,7H2,1H3. The summed E-state index contributed by atoms with van der Waals surface area (Å²) in [7, 11) is 0. The van der Waals surface area contributed by atoms with Gasteiger partial charge in [-0.05, 0) is 24.6 Å². The molecule has 0 aliphatic carbocycles. The molecular formula is C11H12ClNO2. The zero-order chi connectivity index (χ0) is 10.7. The summed E-state index contributed by atoms with van der Waals surface area (Å²) in [5.41, 5.74) is 4.56. The number of hydroxylamine groups is 1. The van der Waals surface area contributed by atoms with Crippen LogP contribution in [-0.2, 0) is 11.4 Å². The quantitative estimate of drug-likeness (QED) is 0.641. The first-order chi connectivity index (χ1) is 7.33. The third-order valence-electron chi connectivity index (χ3n) is 2.14. The van der Waals surface area contributed by atoms with Gasteiger partial charge in [-0.15, -0.1) is 0 Å². The van der Waals surface area contributed by atoms with Gasteiger partial charge in [-0.2, -0.15) is 5.48 Å². The SMILES string of the molecule is CCONCc1c(Cl)oc2ccccc12. The highest BCUT2D eigenvalue weighted by Gasteiger charge is 2.10. The summed E-state index contributed by atoms with van der Waals surface area (Å²) in [6, 6.07) is 7.75. The predicted molar refractivity (Wildman–Crippen MR) is 59.7 cm³/mol. The highest BCUT2D eigenvalue weighted by Crippen LogP contribution is 2.29. The van der Waals surface area contributed by atoms with Crippen LogP contribution in [0.2, 0.25) is 5.22 Å². The minimum absolute atomic E-state index is 0.420. The molecule has 1 aromatic carbocycles. The van der Waals surface area contributed by atoms with E-state index in [1.165, 1.54) is 0 Å². The molecular weight excluding hydrogens is 214 g/mol. The lowest BCUT2D eigenvalue weighted by Crippen LogP contribution is -2.13. The number of hydrogen-bond donors (Lipinski definition) is 1. The number of benzene rings is 1. The smallest absolute Gasteiger partial charge is 0.199 e. The summed E-state index contributed by atoms with van der Waals surface area (Å²) in [5.74, 6) is 0. The van der Waals surface area contributed by atoms with Gasteiger partial charge in [0.1, 0.15) is 5.58 Å². The molecule has 80 valence electrons. The van der Waals surface area contributed by atoms with Crippen LogP contribution in [0, 0.1) is 0 Å². The van der Waals surface area contributed by atoms with Gasteiger partial charge in [-0.1, -0.05) is 18.2 Å². The van der Waals surface area contributed by atoms with E-state index in [1.807, 2.05) is 31.2 Å². The third-order valence-corrected chi connectivity index (χ3v) is 2.45. The van der Waals surface area contributed by atoms with E-state index in [0.717, 1.165) is 16.5 Å². The molecule has 2 aromatic rings. The van der Waals surface area contributed by atoms with Crippen molar-refractivity contribution < 1.29 is 9.25 Å². The summed E-state index contributed by atoms with van der Waals surface area (Å²) < 4.78 is 5.40. The number of furan rings is 1. The minimum atomic E-state index is 0.420. The van der Waals surface area contributed by atoms with Gasteiger partial charge in [0, 0.05) is 10.9 Å². The summed E-state index contributed by atoms with van der Waals surface area (Å²) in [6.45, 7) is 3.08. The number of halogens is 1. The Hall–Kier alpha value is -1.03. The molecule has 0 saturated carbocycles. The predicted octanol–water partition coefficient (Wildman–Crippen LogP) is 3.13. The van der Waals surface area contributed by atoms with E-state index < -0.39 is 0 Å². The molecule has 0 spiro atoms. The first kappa shape index (κ1) is 10.5. The van der Waals surface area contributed by atoms with E-state index in [9.17, 15) is 0 Å². The molecule has 4 heteroatoms. The van der Waals surface area contributed by atoms with Crippen molar-refractivity contribution in [2.24, 2.45) is 0 Å². The number of hydrogen-bond acceptors (Lipinski definition) is 3. The van der Waals surface area contributed by atoms with E-state index in [1.54, 1.807) is 0 Å². The normalized spacial score (nSPS) is 11.1. The number of fused-ring (bicyclic) bond motifs is 1. The Morgan fingerprint density at radius 3 is 3.00 bits per heavy atom. The van der Waals surface area contributed by atoms with Gasteiger partial charge in [-0.3, -0.25) is 0 Å². The summed E-state index contributed by atoms with van der Waals surface area (Å²) in [6.07, 6.45) is 0. The van der Waals surface area contributed by atoms with Crippen LogP contribution in [0.1, 0.15) is 12.5 Å². The van der Waals surface area contributed by atoms with E-state index in [0.29, 0.717) is 18.4 Å². The molecule has 0 fully saturated rings. The molecule has 0 unspecified atom stereocenters. The van der Waals surface area contributed by atoms with Crippen LogP contribution in [0.4, 0.5) is 0 Å². The fourth-order valence-corrected chi connectivity index (χ4v) is 1.71. The number of para-hydroxylation sites is 1. The third kappa shape index (κ3) is 2.15. The van der Waals surface area contributed by atoms with Gasteiger partial charge >= 0.3 is 0 Å². The largest absolute Gasteiger partial charge is 0.444 e. The lowest BCUT2D eigenvalue weighted by atomic mass is 10.2. The Bertz CT molecular complexity index is 453. The molecule has 1 heterocycles. The molecule has 0 saturated heterocycles. The van der Waals surface area contributed by atoms with Crippen LogP contribution in [0.25, 0.3) is 11.0 Å². The molecule has 3 nitrogen and oxygen atoms in total. The van der Waals surface area contributed by atoms with Crippen molar-refractivity contribution in [2.45, 2.75) is 13.5 Å². The summed E-state index contributed by atoms with van der Waals surface area (Å²) >= 11 is 5.98. The molecule has 0 radical (unpaired) electrons. The highest BCUT2D eigenvalue weighted by molar-refractivity contribution is 6.30. The fourth-order valence-electron chi connectivity index (χ4n) is 1.46. The number of nitrogens with one attached hydrogen (secondary N) is 1. The van der Waals surface area contributed by atoms with Gasteiger partial charge in [0.2, 0.25) is 0 Å². The Morgan fingerprint density at radius 1 is 1.40 bits per heavy atom. The van der Waals surface area contributed by atoms with Gasteiger partial charge in [0.05, 0.1) is 13.2 Å². The van der Waals surface area contributed by atoms with E-state index in [2.05, 4.69) is 5.48 Å². The van der Waals surface area contributed by atoms with Crippen LogP contribution in [0.3, 0.4) is 0 Å². The summed E-state index contributed by atoms with van der Waals surface area (Å²) in [4.78, 5) is 5.06. The molecule has 15 heavy (non-hydrogen) atoms. The molecule has 0 amide bonds. The monoisotopic (exact) mass is 225 g/mol. The second kappa shape index (κ2) is 4.66. The molecule has 0 atom stereocenters. The maximum atomic E-state index is 5.98. The lowest BCUT2D eigenvalue weighted by molar-refractivity contribution is 0.0464. The molecule has 1 N–H and O–H groups in total. The van der Waals surface area contributed by atoms with Crippen LogP contribution in [-0.4, -0.2) is 6.61 Å². The molecule has 1 aromatic heterocycles. The lowest BCUT2D eigenvalue weighted by Gasteiger charge is -2.01. The summed E-state index contributed by atoms with van der Waals surface area (Å²) in [5, 5.41) is 1.44. The van der Waals surface area contributed by atoms with Crippen LogP contribution in [0.5, 0.6) is 0 Å². The topological polar surface area (TPSA) is 34.4 Å². The Morgan fingerprint density at radius 2 is 2.20 bits per heavy atom. The average molecular weight is 226 g/mol. The van der Waals surface area contributed by atoms with Gasteiger partial charge in [0.25, 0.3) is 0 Å². The second-order valence-electron chi connectivity index (χ2n) is 3.10. The molecule has 2 rings (SSSR count). The van der Waals surface area contributed by atoms with E-state index >= 15 is 0 Å². The van der Waals surface area contributed by atoms with Crippen molar-refractivity contribution >= 4 is 22.6 Å². The van der Waals surface area contributed by atoms with Crippen molar-refractivity contribution in [2.75, 3.05) is 6.61 Å². The van der Waals surface area contributed by atoms with Crippen LogP contribution in [0.15, 0.2) is 28.7 Å². The van der Waals surface area contributed by atoms with Crippen LogP contribution < -0.4 is 5.48 Å². The van der Waals surface area contributed by atoms with Crippen molar-refractivity contribution in [3.63, 3.8) is 0 Å². The minimum Gasteiger partial charge on any atom is -0.444 e. The molecule has 0 aliphatic heterocycles. The van der Waals surface area contributed by atoms with Gasteiger partial charge in [-0.25, -0.2) is 0 Å². The van der Waals surface area contributed by atoms with Crippen LogP contribution >= 0.6 is 11.6 Å². The fraction of sp³-hybridized carbons (Fsp3) is 0.273. The van der Waals surface area contributed by atoms with E-state index in [4.69, 9.17) is 20.9 Å². The van der Waals surface area contributed by atoms with Crippen molar-refractivity contribution in [1.29, 1.82) is 0 Å². The highest BCUT2D eigenvalue weighted by atomic mass is 35.5.